The van der Waals surface area contributed by atoms with Crippen LogP contribution >= 0.6 is 7.82 Å². The van der Waals surface area contributed by atoms with Gasteiger partial charge in [0.15, 0.2) is 6.10 Å². The summed E-state index contributed by atoms with van der Waals surface area (Å²) in [7, 11) is 1.14. The molecular formula is C70H118NO8P. The SMILES string of the molecule is CC/C=C\C/C=C\C/C=C\C/C=C\C/C=C\C/C=C\C/C=C\C/C=C\C/C=C\CCCCCCCCCC(=O)OC(COC(=O)CCCCCCCCCCC/C=C\C/C=C\CCCCCCC)COP(=O)([O-])OCC[N+](C)(C)C. The topological polar surface area (TPSA) is 111 Å². The Morgan fingerprint density at radius 3 is 1.06 bits per heavy atom. The molecule has 10 heteroatoms. The van der Waals surface area contributed by atoms with E-state index in [-0.39, 0.29) is 26.1 Å². The fraction of sp³-hybridized carbons (Fsp3) is 0.657. The van der Waals surface area contributed by atoms with Crippen molar-refractivity contribution in [1.29, 1.82) is 0 Å². The second-order valence-corrected chi connectivity index (χ2v) is 23.4. The van der Waals surface area contributed by atoms with Crippen LogP contribution in [-0.4, -0.2) is 70.0 Å². The van der Waals surface area contributed by atoms with Gasteiger partial charge in [-0.3, -0.25) is 14.2 Å². The molecule has 0 aliphatic rings. The van der Waals surface area contributed by atoms with Crippen molar-refractivity contribution in [2.24, 2.45) is 0 Å². The molecule has 0 aliphatic carbocycles. The van der Waals surface area contributed by atoms with E-state index in [1.807, 2.05) is 21.1 Å². The van der Waals surface area contributed by atoms with Crippen LogP contribution in [0.4, 0.5) is 0 Å². The maximum atomic E-state index is 12.8. The number of hydrogen-bond acceptors (Lipinski definition) is 8. The summed E-state index contributed by atoms with van der Waals surface area (Å²) >= 11 is 0. The molecule has 0 aromatic carbocycles. The van der Waals surface area contributed by atoms with Crippen LogP contribution < -0.4 is 4.89 Å². The highest BCUT2D eigenvalue weighted by molar-refractivity contribution is 7.45. The minimum atomic E-state index is -4.65. The first-order valence-corrected chi connectivity index (χ1v) is 33.4. The third-order valence-corrected chi connectivity index (χ3v) is 14.1. The lowest BCUT2D eigenvalue weighted by Crippen LogP contribution is -2.37. The number of nitrogens with zero attached hydrogens (tertiary/aromatic N) is 1. The number of likely N-dealkylation sites (N-methyl/N-ethyl adjacent to an activating group) is 1. The lowest BCUT2D eigenvalue weighted by Gasteiger charge is -2.28. The molecule has 0 fully saturated rings. The largest absolute Gasteiger partial charge is 0.756 e. The average Bonchev–Trinajstić information content (AvgIpc) is 3.42. The van der Waals surface area contributed by atoms with Crippen molar-refractivity contribution in [3.05, 3.63) is 134 Å². The van der Waals surface area contributed by atoms with E-state index in [2.05, 4.69) is 148 Å². The Hall–Kier alpha value is -3.85. The molecule has 2 atom stereocenters. The van der Waals surface area contributed by atoms with Crippen molar-refractivity contribution >= 4 is 19.8 Å². The summed E-state index contributed by atoms with van der Waals surface area (Å²) in [5, 5.41) is 0. The molecule has 9 nitrogen and oxygen atoms in total. The molecule has 0 radical (unpaired) electrons. The van der Waals surface area contributed by atoms with Gasteiger partial charge >= 0.3 is 11.9 Å². The van der Waals surface area contributed by atoms with Crippen LogP contribution in [-0.2, 0) is 32.7 Å². The van der Waals surface area contributed by atoms with Crippen LogP contribution in [0.3, 0.4) is 0 Å². The molecule has 0 aromatic heterocycles. The van der Waals surface area contributed by atoms with Gasteiger partial charge < -0.3 is 27.9 Å². The number of phosphoric ester groups is 1. The van der Waals surface area contributed by atoms with Crippen LogP contribution in [0.25, 0.3) is 0 Å². The van der Waals surface area contributed by atoms with Gasteiger partial charge in [0.1, 0.15) is 19.8 Å². The summed E-state index contributed by atoms with van der Waals surface area (Å²) in [6.07, 6.45) is 86.4. The molecule has 0 heterocycles. The predicted octanol–water partition coefficient (Wildman–Crippen LogP) is 19.9. The number of carbonyl (C=O) groups is 2. The summed E-state index contributed by atoms with van der Waals surface area (Å²) in [5.74, 6) is -0.857. The molecule has 0 rings (SSSR count). The molecule has 0 spiro atoms. The standard InChI is InChI=1S/C70H118NO8P/c1-6-8-10-12-14-16-18-20-22-24-26-28-29-30-31-32-33-34-35-36-37-38-39-40-41-43-45-47-49-51-53-55-57-59-61-63-70(73)79-68(67-78-80(74,75)77-65-64-71(3,4)5)66-76-69(72)62-60-58-56-54-52-50-48-46-44-42-27-25-23-21-19-17-15-13-11-9-7-2/h8,10,14,16,19-22,25-28,30-31,33-34,36-37,39-40,43,45,68H,6-7,9,11-13,15,17-18,23-24,29,32,35,38,41-42,44,46-67H2,1-5H3/b10-8-,16-14-,21-19-,22-20-,27-25-,28-26-,31-30-,34-33-,37-36-,40-39-,45-43-. The monoisotopic (exact) mass is 1130 g/mol. The van der Waals surface area contributed by atoms with E-state index >= 15 is 0 Å². The van der Waals surface area contributed by atoms with E-state index in [9.17, 15) is 19.0 Å². The van der Waals surface area contributed by atoms with E-state index in [1.54, 1.807) is 0 Å². The van der Waals surface area contributed by atoms with Crippen molar-refractivity contribution in [3.63, 3.8) is 0 Å². The van der Waals surface area contributed by atoms with Gasteiger partial charge in [0.2, 0.25) is 0 Å². The number of hydrogen-bond donors (Lipinski definition) is 0. The number of quaternary nitrogens is 1. The average molecular weight is 1130 g/mol. The first kappa shape index (κ1) is 76.1. The molecule has 0 bridgehead atoms. The number of rotatable bonds is 57. The highest BCUT2D eigenvalue weighted by Crippen LogP contribution is 2.38. The Morgan fingerprint density at radius 1 is 0.400 bits per heavy atom. The van der Waals surface area contributed by atoms with E-state index in [1.165, 1.54) is 83.5 Å². The van der Waals surface area contributed by atoms with Crippen LogP contribution in [0.15, 0.2) is 134 Å². The first-order valence-electron chi connectivity index (χ1n) is 31.9. The second-order valence-electron chi connectivity index (χ2n) is 22.0. The quantitative estimate of drug-likeness (QED) is 0.0195. The Bertz CT molecular complexity index is 1810. The number of unbranched alkanes of at least 4 members (excludes halogenated alkanes) is 21. The summed E-state index contributed by atoms with van der Waals surface area (Å²) < 4.78 is 34.2. The number of ether oxygens (including phenoxy) is 2. The molecule has 0 N–H and O–H groups in total. The normalized spacial score (nSPS) is 14.1. The number of allylic oxidation sites excluding steroid dienone is 22. The van der Waals surface area contributed by atoms with Gasteiger partial charge in [-0.15, -0.1) is 0 Å². The summed E-state index contributed by atoms with van der Waals surface area (Å²) in [6, 6.07) is 0. The Kier molecular flexibility index (Phi) is 56.9. The molecule has 0 saturated heterocycles. The maximum Gasteiger partial charge on any atom is 0.306 e. The van der Waals surface area contributed by atoms with E-state index in [0.29, 0.717) is 17.4 Å². The molecule has 0 amide bonds. The third kappa shape index (κ3) is 63.3. The third-order valence-electron chi connectivity index (χ3n) is 13.2. The predicted molar refractivity (Wildman–Crippen MR) is 341 cm³/mol. The molecule has 0 saturated carbocycles. The van der Waals surface area contributed by atoms with Gasteiger partial charge in [-0.2, -0.15) is 0 Å². The van der Waals surface area contributed by atoms with Crippen molar-refractivity contribution in [3.8, 4) is 0 Å². The Balaban J connectivity index is 4.19. The van der Waals surface area contributed by atoms with Gasteiger partial charge in [-0.1, -0.05) is 250 Å². The fourth-order valence-electron chi connectivity index (χ4n) is 8.27. The van der Waals surface area contributed by atoms with Crippen molar-refractivity contribution in [1.82, 2.24) is 0 Å². The lowest BCUT2D eigenvalue weighted by atomic mass is 10.1. The fourth-order valence-corrected chi connectivity index (χ4v) is 9.00. The van der Waals surface area contributed by atoms with Crippen LogP contribution in [0, 0.1) is 0 Å². The van der Waals surface area contributed by atoms with Crippen LogP contribution in [0.1, 0.15) is 245 Å². The molecule has 2 unspecified atom stereocenters. The molecule has 0 aromatic rings. The van der Waals surface area contributed by atoms with Gasteiger partial charge in [0.05, 0.1) is 27.7 Å². The zero-order chi connectivity index (χ0) is 58.4. The van der Waals surface area contributed by atoms with E-state index in [4.69, 9.17) is 18.5 Å². The van der Waals surface area contributed by atoms with Gasteiger partial charge in [0, 0.05) is 12.8 Å². The highest BCUT2D eigenvalue weighted by Gasteiger charge is 2.22. The van der Waals surface area contributed by atoms with E-state index in [0.717, 1.165) is 128 Å². The number of carbonyl (C=O) groups excluding carboxylic acids is 2. The summed E-state index contributed by atoms with van der Waals surface area (Å²) in [4.78, 5) is 38.0. The smallest absolute Gasteiger partial charge is 0.306 e. The summed E-state index contributed by atoms with van der Waals surface area (Å²) in [5.41, 5.74) is 0. The van der Waals surface area contributed by atoms with Crippen molar-refractivity contribution < 1.29 is 42.1 Å². The van der Waals surface area contributed by atoms with Gasteiger partial charge in [-0.25, -0.2) is 0 Å². The van der Waals surface area contributed by atoms with Crippen molar-refractivity contribution in [2.75, 3.05) is 47.5 Å². The molecule has 456 valence electrons. The molecular weight excluding hydrogens is 1010 g/mol. The minimum Gasteiger partial charge on any atom is -0.756 e. The molecule has 80 heavy (non-hydrogen) atoms. The maximum absolute atomic E-state index is 12.8. The molecule has 0 aliphatic heterocycles. The number of esters is 2. The first-order chi connectivity index (χ1) is 39.0. The Morgan fingerprint density at radius 2 is 0.713 bits per heavy atom. The highest BCUT2D eigenvalue weighted by atomic mass is 31.2. The van der Waals surface area contributed by atoms with E-state index < -0.39 is 32.5 Å². The zero-order valence-corrected chi connectivity index (χ0v) is 52.6. The van der Waals surface area contributed by atoms with Gasteiger partial charge in [-0.05, 0) is 116 Å². The van der Waals surface area contributed by atoms with Crippen LogP contribution in [0.5, 0.6) is 0 Å². The number of phosphoric acid groups is 1. The second kappa shape index (κ2) is 59.8. The van der Waals surface area contributed by atoms with Gasteiger partial charge in [0.25, 0.3) is 7.82 Å². The Labute approximate surface area is 491 Å². The zero-order valence-electron chi connectivity index (χ0n) is 51.7. The minimum absolute atomic E-state index is 0.0407. The lowest BCUT2D eigenvalue weighted by molar-refractivity contribution is -0.870. The summed E-state index contributed by atoms with van der Waals surface area (Å²) in [6.45, 7) is 4.09. The van der Waals surface area contributed by atoms with Crippen molar-refractivity contribution in [2.45, 2.75) is 251 Å². The van der Waals surface area contributed by atoms with Crippen LogP contribution in [0.2, 0.25) is 0 Å².